The zero-order valence-corrected chi connectivity index (χ0v) is 14.3. The molecule has 2 amide bonds. The normalized spacial score (nSPS) is 11.9. The third-order valence-electron chi connectivity index (χ3n) is 2.98. The molecule has 7 nitrogen and oxygen atoms in total. The molecule has 1 heterocycles. The minimum atomic E-state index is -0.337. The van der Waals surface area contributed by atoms with Crippen LogP contribution in [0.5, 0.6) is 11.5 Å². The topological polar surface area (TPSA) is 85.4 Å². The lowest BCUT2D eigenvalue weighted by molar-refractivity contribution is 0.230. The smallest absolute Gasteiger partial charge is 0.321 e. The summed E-state index contributed by atoms with van der Waals surface area (Å²) in [6.07, 6.45) is 0.0583. The minimum absolute atomic E-state index is 0.0583. The lowest BCUT2D eigenvalue weighted by Crippen LogP contribution is -2.31. The summed E-state index contributed by atoms with van der Waals surface area (Å²) in [5.74, 6) is 1.31. The van der Waals surface area contributed by atoms with Crippen molar-refractivity contribution in [1.29, 1.82) is 0 Å². The van der Waals surface area contributed by atoms with Crippen LogP contribution in [-0.2, 0) is 0 Å². The molecule has 0 unspecified atom stereocenters. The molecule has 0 saturated carbocycles. The van der Waals surface area contributed by atoms with E-state index in [2.05, 4.69) is 20.8 Å². The van der Waals surface area contributed by atoms with Crippen molar-refractivity contribution < 1.29 is 14.3 Å². The van der Waals surface area contributed by atoms with Gasteiger partial charge < -0.3 is 14.8 Å². The molecule has 0 spiro atoms. The Kier molecular flexibility index (Phi) is 5.75. The third kappa shape index (κ3) is 4.82. The van der Waals surface area contributed by atoms with Crippen LogP contribution in [0.3, 0.4) is 0 Å². The molecule has 0 saturated heterocycles. The summed E-state index contributed by atoms with van der Waals surface area (Å²) in [6, 6.07) is 5.05. The van der Waals surface area contributed by atoms with Crippen molar-refractivity contribution in [3.8, 4) is 11.5 Å². The quantitative estimate of drug-likeness (QED) is 0.846. The molecular weight excluding hydrogens is 316 g/mol. The Morgan fingerprint density at radius 3 is 2.65 bits per heavy atom. The fourth-order valence-corrected chi connectivity index (χ4v) is 2.39. The second-order valence-electron chi connectivity index (χ2n) is 5.14. The average Bonchev–Trinajstić information content (AvgIpc) is 2.99. The van der Waals surface area contributed by atoms with Crippen molar-refractivity contribution in [3.05, 3.63) is 29.3 Å². The van der Waals surface area contributed by atoms with Gasteiger partial charge in [-0.1, -0.05) is 17.4 Å². The number of urea groups is 1. The Morgan fingerprint density at radius 1 is 1.26 bits per heavy atom. The molecule has 124 valence electrons. The summed E-state index contributed by atoms with van der Waals surface area (Å²) < 4.78 is 11.0. The average molecular weight is 336 g/mol. The standard InChI is InChI=1S/C15H20N4O3S/c1-9(2)22-12-6-5-11(7-13(12)21-4)10(3)17-14(20)18-15-19-16-8-23-15/h5-10H,1-4H3,(H2,17,18,19,20)/t10-/m1/s1. The zero-order chi connectivity index (χ0) is 16.8. The predicted octanol–water partition coefficient (Wildman–Crippen LogP) is 3.22. The number of hydrogen-bond donors (Lipinski definition) is 2. The second-order valence-corrected chi connectivity index (χ2v) is 5.97. The third-order valence-corrected chi connectivity index (χ3v) is 3.59. The molecule has 0 fully saturated rings. The number of nitrogens with zero attached hydrogens (tertiary/aromatic N) is 2. The molecule has 1 aromatic carbocycles. The number of rotatable bonds is 6. The molecule has 0 aliphatic heterocycles. The molecular formula is C15H20N4O3S. The van der Waals surface area contributed by atoms with Gasteiger partial charge in [0.15, 0.2) is 11.5 Å². The van der Waals surface area contributed by atoms with Crippen LogP contribution in [0.25, 0.3) is 0 Å². The first-order chi connectivity index (χ1) is 11.0. The molecule has 1 atom stereocenters. The highest BCUT2D eigenvalue weighted by atomic mass is 32.1. The summed E-state index contributed by atoms with van der Waals surface area (Å²) >= 11 is 1.26. The van der Waals surface area contributed by atoms with Crippen LogP contribution >= 0.6 is 11.3 Å². The van der Waals surface area contributed by atoms with E-state index in [1.54, 1.807) is 12.6 Å². The van der Waals surface area contributed by atoms with Gasteiger partial charge in [0.05, 0.1) is 19.3 Å². The fraction of sp³-hybridized carbons (Fsp3) is 0.400. The van der Waals surface area contributed by atoms with Gasteiger partial charge in [-0.2, -0.15) is 0 Å². The number of ether oxygens (including phenoxy) is 2. The molecule has 2 rings (SSSR count). The van der Waals surface area contributed by atoms with Crippen LogP contribution in [0, 0.1) is 0 Å². The van der Waals surface area contributed by atoms with Crippen LogP contribution in [0.1, 0.15) is 32.4 Å². The summed E-state index contributed by atoms with van der Waals surface area (Å²) in [7, 11) is 1.59. The highest BCUT2D eigenvalue weighted by Gasteiger charge is 2.14. The van der Waals surface area contributed by atoms with E-state index in [-0.39, 0.29) is 18.2 Å². The van der Waals surface area contributed by atoms with Crippen molar-refractivity contribution >= 4 is 22.5 Å². The molecule has 2 aromatic rings. The van der Waals surface area contributed by atoms with E-state index in [4.69, 9.17) is 9.47 Å². The van der Waals surface area contributed by atoms with E-state index in [1.165, 1.54) is 11.3 Å². The number of carbonyl (C=O) groups excluding carboxylic acids is 1. The van der Waals surface area contributed by atoms with E-state index >= 15 is 0 Å². The van der Waals surface area contributed by atoms with Gasteiger partial charge in [-0.05, 0) is 38.5 Å². The lowest BCUT2D eigenvalue weighted by atomic mass is 10.1. The highest BCUT2D eigenvalue weighted by molar-refractivity contribution is 7.13. The molecule has 0 bridgehead atoms. The molecule has 8 heteroatoms. The molecule has 2 N–H and O–H groups in total. The fourth-order valence-electron chi connectivity index (χ4n) is 1.95. The SMILES string of the molecule is COc1cc([C@@H](C)NC(=O)Nc2nncs2)ccc1OC(C)C. The van der Waals surface area contributed by atoms with Gasteiger partial charge in [0.1, 0.15) is 5.51 Å². The van der Waals surface area contributed by atoms with Gasteiger partial charge >= 0.3 is 6.03 Å². The number of nitrogens with one attached hydrogen (secondary N) is 2. The van der Waals surface area contributed by atoms with Crippen LogP contribution in [-0.4, -0.2) is 29.4 Å². The number of aromatic nitrogens is 2. The summed E-state index contributed by atoms with van der Waals surface area (Å²) in [6.45, 7) is 5.79. The van der Waals surface area contributed by atoms with E-state index in [1.807, 2.05) is 39.0 Å². The van der Waals surface area contributed by atoms with E-state index < -0.39 is 0 Å². The molecule has 0 radical (unpaired) electrons. The Labute approximate surface area is 139 Å². The van der Waals surface area contributed by atoms with Crippen molar-refractivity contribution in [2.24, 2.45) is 0 Å². The molecule has 23 heavy (non-hydrogen) atoms. The van der Waals surface area contributed by atoms with Crippen molar-refractivity contribution in [1.82, 2.24) is 15.5 Å². The number of anilines is 1. The molecule has 0 aliphatic carbocycles. The number of amides is 2. The number of methoxy groups -OCH3 is 1. The van der Waals surface area contributed by atoms with E-state index in [9.17, 15) is 4.79 Å². The number of benzene rings is 1. The van der Waals surface area contributed by atoms with Crippen molar-refractivity contribution in [2.45, 2.75) is 32.9 Å². The first kappa shape index (κ1) is 17.0. The maximum atomic E-state index is 11.9. The van der Waals surface area contributed by atoms with Gasteiger partial charge in [-0.25, -0.2) is 4.79 Å². The summed E-state index contributed by atoms with van der Waals surface area (Å²) in [4.78, 5) is 11.9. The van der Waals surface area contributed by atoms with Gasteiger partial charge in [0.25, 0.3) is 0 Å². The van der Waals surface area contributed by atoms with E-state index in [0.29, 0.717) is 16.6 Å². The van der Waals surface area contributed by atoms with Crippen LogP contribution in [0.4, 0.5) is 9.93 Å². The van der Waals surface area contributed by atoms with Crippen molar-refractivity contribution in [3.63, 3.8) is 0 Å². The van der Waals surface area contributed by atoms with Crippen molar-refractivity contribution in [2.75, 3.05) is 12.4 Å². The maximum absolute atomic E-state index is 11.9. The summed E-state index contributed by atoms with van der Waals surface area (Å²) in [5, 5.41) is 13.3. The maximum Gasteiger partial charge on any atom is 0.321 e. The number of carbonyl (C=O) groups is 1. The van der Waals surface area contributed by atoms with Gasteiger partial charge in [-0.3, -0.25) is 5.32 Å². The Balaban J connectivity index is 2.03. The van der Waals surface area contributed by atoms with Gasteiger partial charge in [0.2, 0.25) is 5.13 Å². The Hall–Kier alpha value is -2.35. The van der Waals surface area contributed by atoms with Crippen LogP contribution in [0.2, 0.25) is 0 Å². The monoisotopic (exact) mass is 336 g/mol. The highest BCUT2D eigenvalue weighted by Crippen LogP contribution is 2.31. The Bertz CT molecular complexity index is 646. The minimum Gasteiger partial charge on any atom is -0.493 e. The molecule has 0 aliphatic rings. The first-order valence-electron chi connectivity index (χ1n) is 7.18. The predicted molar refractivity (Wildman–Crippen MR) is 89.2 cm³/mol. The van der Waals surface area contributed by atoms with E-state index in [0.717, 1.165) is 5.56 Å². The largest absolute Gasteiger partial charge is 0.493 e. The van der Waals surface area contributed by atoms with Crippen LogP contribution in [0.15, 0.2) is 23.7 Å². The lowest BCUT2D eigenvalue weighted by Gasteiger charge is -2.18. The Morgan fingerprint density at radius 2 is 2.04 bits per heavy atom. The molecule has 1 aromatic heterocycles. The zero-order valence-electron chi connectivity index (χ0n) is 13.5. The van der Waals surface area contributed by atoms with Gasteiger partial charge in [0, 0.05) is 0 Å². The van der Waals surface area contributed by atoms with Gasteiger partial charge in [-0.15, -0.1) is 10.2 Å². The summed E-state index contributed by atoms with van der Waals surface area (Å²) in [5.41, 5.74) is 2.46. The first-order valence-corrected chi connectivity index (χ1v) is 8.06. The van der Waals surface area contributed by atoms with Crippen LogP contribution < -0.4 is 20.1 Å². The second kappa shape index (κ2) is 7.77. The number of hydrogen-bond acceptors (Lipinski definition) is 6.